The number of hydrogen-bond acceptors (Lipinski definition) is 5. The van der Waals surface area contributed by atoms with E-state index < -0.39 is 0 Å². The molecular formula is C10H16N4OS. The van der Waals surface area contributed by atoms with Crippen LogP contribution in [0.25, 0.3) is 0 Å². The van der Waals surface area contributed by atoms with Crippen molar-refractivity contribution in [1.29, 1.82) is 0 Å². The molecule has 0 atom stereocenters. The number of amides is 1. The summed E-state index contributed by atoms with van der Waals surface area (Å²) < 4.78 is 3.71. The van der Waals surface area contributed by atoms with Crippen LogP contribution < -0.4 is 5.73 Å². The summed E-state index contributed by atoms with van der Waals surface area (Å²) in [5.41, 5.74) is 5.54. The lowest BCUT2D eigenvalue weighted by molar-refractivity contribution is 0.0692. The highest BCUT2D eigenvalue weighted by atomic mass is 32.1. The zero-order valence-electron chi connectivity index (χ0n) is 9.13. The van der Waals surface area contributed by atoms with E-state index >= 15 is 0 Å². The van der Waals surface area contributed by atoms with E-state index in [-0.39, 0.29) is 5.91 Å². The Morgan fingerprint density at radius 3 is 2.88 bits per heavy atom. The molecule has 0 radical (unpaired) electrons. The molecule has 1 fully saturated rings. The number of piperidine rings is 1. The van der Waals surface area contributed by atoms with Crippen molar-refractivity contribution in [3.05, 3.63) is 11.1 Å². The highest BCUT2D eigenvalue weighted by Crippen LogP contribution is 2.21. The van der Waals surface area contributed by atoms with Gasteiger partial charge in [-0.15, -0.1) is 5.10 Å². The standard InChI is InChI=1S/C10H16N4OS/c11-4-1-8-2-5-14(6-3-8)10(15)9-7-12-13-16-9/h7-8H,1-6,11H2. The first-order valence-electron chi connectivity index (χ1n) is 5.58. The topological polar surface area (TPSA) is 72.1 Å². The van der Waals surface area contributed by atoms with Crippen molar-refractivity contribution in [3.8, 4) is 0 Å². The second-order valence-corrected chi connectivity index (χ2v) is 4.88. The van der Waals surface area contributed by atoms with Crippen LogP contribution in [0.2, 0.25) is 0 Å². The lowest BCUT2D eigenvalue weighted by Gasteiger charge is -2.31. The molecule has 16 heavy (non-hydrogen) atoms. The van der Waals surface area contributed by atoms with Crippen molar-refractivity contribution in [2.75, 3.05) is 19.6 Å². The van der Waals surface area contributed by atoms with Gasteiger partial charge >= 0.3 is 0 Å². The Bertz CT molecular complexity index is 333. The van der Waals surface area contributed by atoms with Crippen molar-refractivity contribution < 1.29 is 4.79 Å². The van der Waals surface area contributed by atoms with Crippen LogP contribution >= 0.6 is 11.5 Å². The molecule has 1 aromatic rings. The number of nitrogens with zero attached hydrogens (tertiary/aromatic N) is 3. The van der Waals surface area contributed by atoms with Crippen LogP contribution in [-0.2, 0) is 0 Å². The van der Waals surface area contributed by atoms with E-state index in [9.17, 15) is 4.79 Å². The summed E-state index contributed by atoms with van der Waals surface area (Å²) >= 11 is 1.16. The Morgan fingerprint density at radius 1 is 1.56 bits per heavy atom. The molecule has 2 rings (SSSR count). The summed E-state index contributed by atoms with van der Waals surface area (Å²) in [5, 5.41) is 3.69. The molecule has 1 amide bonds. The number of carbonyl (C=O) groups is 1. The maximum atomic E-state index is 12.0. The number of likely N-dealkylation sites (tertiary alicyclic amines) is 1. The van der Waals surface area contributed by atoms with Gasteiger partial charge < -0.3 is 10.6 Å². The summed E-state index contributed by atoms with van der Waals surface area (Å²) in [6, 6.07) is 0. The molecular weight excluding hydrogens is 224 g/mol. The van der Waals surface area contributed by atoms with Crippen LogP contribution in [0.1, 0.15) is 28.9 Å². The molecule has 2 heterocycles. The Hall–Kier alpha value is -1.01. The van der Waals surface area contributed by atoms with E-state index in [0.717, 1.165) is 50.4 Å². The quantitative estimate of drug-likeness (QED) is 0.845. The average molecular weight is 240 g/mol. The van der Waals surface area contributed by atoms with Gasteiger partial charge in [-0.25, -0.2) is 0 Å². The molecule has 5 nitrogen and oxygen atoms in total. The average Bonchev–Trinajstić information content (AvgIpc) is 2.83. The molecule has 1 saturated heterocycles. The van der Waals surface area contributed by atoms with Crippen LogP contribution in [0.3, 0.4) is 0 Å². The van der Waals surface area contributed by atoms with E-state index in [1.165, 1.54) is 0 Å². The van der Waals surface area contributed by atoms with Gasteiger partial charge in [0.25, 0.3) is 5.91 Å². The Labute approximate surface area is 98.8 Å². The Balaban J connectivity index is 1.87. The van der Waals surface area contributed by atoms with Crippen LogP contribution in [0.4, 0.5) is 0 Å². The van der Waals surface area contributed by atoms with Gasteiger partial charge in [0.15, 0.2) is 0 Å². The van der Waals surface area contributed by atoms with E-state index in [1.54, 1.807) is 6.20 Å². The minimum Gasteiger partial charge on any atom is -0.338 e. The summed E-state index contributed by atoms with van der Waals surface area (Å²) in [4.78, 5) is 14.5. The fourth-order valence-corrected chi connectivity index (χ4v) is 2.56. The third-order valence-electron chi connectivity index (χ3n) is 3.05. The SMILES string of the molecule is NCCC1CCN(C(=O)c2cnns2)CC1. The highest BCUT2D eigenvalue weighted by Gasteiger charge is 2.24. The largest absolute Gasteiger partial charge is 0.338 e. The third-order valence-corrected chi connectivity index (χ3v) is 3.70. The number of hydrogen-bond donors (Lipinski definition) is 1. The zero-order chi connectivity index (χ0) is 11.4. The molecule has 0 saturated carbocycles. The maximum absolute atomic E-state index is 12.0. The smallest absolute Gasteiger partial charge is 0.267 e. The van der Waals surface area contributed by atoms with Crippen LogP contribution in [0, 0.1) is 5.92 Å². The predicted molar refractivity (Wildman–Crippen MR) is 62.2 cm³/mol. The zero-order valence-corrected chi connectivity index (χ0v) is 9.95. The molecule has 88 valence electrons. The summed E-state index contributed by atoms with van der Waals surface area (Å²) in [6.45, 7) is 2.42. The van der Waals surface area contributed by atoms with E-state index in [4.69, 9.17) is 5.73 Å². The fraction of sp³-hybridized carbons (Fsp3) is 0.700. The molecule has 0 aromatic carbocycles. The second kappa shape index (κ2) is 5.36. The molecule has 1 aromatic heterocycles. The minimum absolute atomic E-state index is 0.0706. The molecule has 0 spiro atoms. The monoisotopic (exact) mass is 240 g/mol. The van der Waals surface area contributed by atoms with Crippen molar-refractivity contribution in [2.45, 2.75) is 19.3 Å². The van der Waals surface area contributed by atoms with E-state index in [0.29, 0.717) is 10.8 Å². The number of aromatic nitrogens is 2. The summed E-state index contributed by atoms with van der Waals surface area (Å²) in [6.07, 6.45) is 4.74. The predicted octanol–water partition coefficient (Wildman–Crippen LogP) is 0.739. The van der Waals surface area contributed by atoms with Gasteiger partial charge in [-0.3, -0.25) is 4.79 Å². The van der Waals surface area contributed by atoms with Gasteiger partial charge in [-0.2, -0.15) is 0 Å². The Morgan fingerprint density at radius 2 is 2.31 bits per heavy atom. The first-order chi connectivity index (χ1) is 7.81. The molecule has 1 aliphatic heterocycles. The Kier molecular flexibility index (Phi) is 3.84. The molecule has 0 bridgehead atoms. The maximum Gasteiger partial charge on any atom is 0.267 e. The van der Waals surface area contributed by atoms with Crippen molar-refractivity contribution in [2.24, 2.45) is 11.7 Å². The number of carbonyl (C=O) groups excluding carboxylic acids is 1. The van der Waals surface area contributed by atoms with Crippen molar-refractivity contribution >= 4 is 17.4 Å². The van der Waals surface area contributed by atoms with Crippen molar-refractivity contribution in [3.63, 3.8) is 0 Å². The lowest BCUT2D eigenvalue weighted by atomic mass is 9.93. The van der Waals surface area contributed by atoms with Crippen LogP contribution in [0.15, 0.2) is 6.20 Å². The minimum atomic E-state index is 0.0706. The molecule has 0 aliphatic carbocycles. The molecule has 6 heteroatoms. The molecule has 2 N–H and O–H groups in total. The van der Waals surface area contributed by atoms with E-state index in [1.807, 2.05) is 4.90 Å². The normalized spacial score (nSPS) is 17.7. The molecule has 1 aliphatic rings. The molecule has 0 unspecified atom stereocenters. The number of nitrogens with two attached hydrogens (primary N) is 1. The van der Waals surface area contributed by atoms with E-state index in [2.05, 4.69) is 9.59 Å². The summed E-state index contributed by atoms with van der Waals surface area (Å²) in [5.74, 6) is 0.759. The van der Waals surface area contributed by atoms with Gasteiger partial charge in [-0.1, -0.05) is 4.49 Å². The number of rotatable bonds is 3. The lowest BCUT2D eigenvalue weighted by Crippen LogP contribution is -2.38. The third kappa shape index (κ3) is 2.56. The van der Waals surface area contributed by atoms with Gasteiger partial charge in [0, 0.05) is 13.1 Å². The van der Waals surface area contributed by atoms with Gasteiger partial charge in [-0.05, 0) is 43.3 Å². The first kappa shape index (κ1) is 11.5. The van der Waals surface area contributed by atoms with Crippen LogP contribution in [-0.4, -0.2) is 40.0 Å². The summed E-state index contributed by atoms with van der Waals surface area (Å²) in [7, 11) is 0. The fourth-order valence-electron chi connectivity index (χ4n) is 2.08. The van der Waals surface area contributed by atoms with Gasteiger partial charge in [0.05, 0.1) is 6.20 Å². The van der Waals surface area contributed by atoms with Gasteiger partial charge in [0.2, 0.25) is 0 Å². The first-order valence-corrected chi connectivity index (χ1v) is 6.35. The van der Waals surface area contributed by atoms with Crippen molar-refractivity contribution in [1.82, 2.24) is 14.5 Å². The van der Waals surface area contributed by atoms with Gasteiger partial charge in [0.1, 0.15) is 4.88 Å². The second-order valence-electron chi connectivity index (χ2n) is 4.09. The highest BCUT2D eigenvalue weighted by molar-refractivity contribution is 7.07. The van der Waals surface area contributed by atoms with Crippen LogP contribution in [0.5, 0.6) is 0 Å².